The molecular weight excluding hydrogens is 277 g/mol. The standard InChI is InChI=1S/C14H16FN3OS/c1-9(2)7-13-17-18-14(20-13)16-12(19)8-10-5-3-4-6-11(10)15/h3-6,9H,7-8H2,1-2H3,(H,16,18,19). The first kappa shape index (κ1) is 14.6. The summed E-state index contributed by atoms with van der Waals surface area (Å²) < 4.78 is 13.4. The molecule has 0 atom stereocenters. The number of nitrogens with one attached hydrogen (secondary N) is 1. The number of carbonyl (C=O) groups excluding carboxylic acids is 1. The van der Waals surface area contributed by atoms with Crippen LogP contribution in [0.2, 0.25) is 0 Å². The average molecular weight is 293 g/mol. The van der Waals surface area contributed by atoms with Gasteiger partial charge in [-0.3, -0.25) is 4.79 Å². The predicted octanol–water partition coefficient (Wildman–Crippen LogP) is 3.06. The highest BCUT2D eigenvalue weighted by atomic mass is 32.1. The van der Waals surface area contributed by atoms with Crippen LogP contribution in [0.4, 0.5) is 9.52 Å². The first-order chi connectivity index (χ1) is 9.54. The molecule has 0 spiro atoms. The smallest absolute Gasteiger partial charge is 0.230 e. The average Bonchev–Trinajstić information content (AvgIpc) is 2.78. The Kier molecular flexibility index (Phi) is 4.79. The lowest BCUT2D eigenvalue weighted by atomic mass is 10.1. The molecule has 0 aliphatic heterocycles. The van der Waals surface area contributed by atoms with Gasteiger partial charge >= 0.3 is 0 Å². The van der Waals surface area contributed by atoms with Gasteiger partial charge in [0.05, 0.1) is 6.42 Å². The molecule has 0 saturated carbocycles. The molecule has 1 amide bonds. The van der Waals surface area contributed by atoms with E-state index in [4.69, 9.17) is 0 Å². The van der Waals surface area contributed by atoms with Gasteiger partial charge in [0, 0.05) is 6.42 Å². The molecule has 2 aromatic rings. The molecule has 1 heterocycles. The lowest BCUT2D eigenvalue weighted by Crippen LogP contribution is -2.15. The predicted molar refractivity (Wildman–Crippen MR) is 77.2 cm³/mol. The van der Waals surface area contributed by atoms with Gasteiger partial charge in [-0.05, 0) is 17.5 Å². The summed E-state index contributed by atoms with van der Waals surface area (Å²) in [5.41, 5.74) is 0.372. The molecule has 4 nitrogen and oxygen atoms in total. The Bertz CT molecular complexity index is 598. The monoisotopic (exact) mass is 293 g/mol. The van der Waals surface area contributed by atoms with E-state index in [0.29, 0.717) is 16.6 Å². The Labute approximate surface area is 121 Å². The Balaban J connectivity index is 1.95. The topological polar surface area (TPSA) is 54.9 Å². The third-order valence-corrected chi connectivity index (χ3v) is 3.47. The highest BCUT2D eigenvalue weighted by molar-refractivity contribution is 7.15. The number of hydrogen-bond donors (Lipinski definition) is 1. The maximum Gasteiger partial charge on any atom is 0.230 e. The van der Waals surface area contributed by atoms with Gasteiger partial charge in [-0.2, -0.15) is 0 Å². The molecule has 0 saturated heterocycles. The van der Waals surface area contributed by atoms with E-state index in [1.165, 1.54) is 17.4 Å². The number of carbonyl (C=O) groups is 1. The van der Waals surface area contributed by atoms with Gasteiger partial charge in [0.15, 0.2) is 0 Å². The van der Waals surface area contributed by atoms with Gasteiger partial charge in [-0.25, -0.2) is 4.39 Å². The molecule has 0 fully saturated rings. The molecule has 0 bridgehead atoms. The van der Waals surface area contributed by atoms with Crippen molar-refractivity contribution in [1.29, 1.82) is 0 Å². The summed E-state index contributed by atoms with van der Waals surface area (Å²) >= 11 is 1.36. The fourth-order valence-electron chi connectivity index (χ4n) is 1.71. The molecule has 1 aromatic heterocycles. The van der Waals surface area contributed by atoms with Crippen LogP contribution in [0.3, 0.4) is 0 Å². The maximum absolute atomic E-state index is 13.4. The molecule has 20 heavy (non-hydrogen) atoms. The zero-order valence-electron chi connectivity index (χ0n) is 11.4. The van der Waals surface area contributed by atoms with Gasteiger partial charge < -0.3 is 5.32 Å². The van der Waals surface area contributed by atoms with Crippen LogP contribution in [0.5, 0.6) is 0 Å². The number of nitrogens with zero attached hydrogens (tertiary/aromatic N) is 2. The summed E-state index contributed by atoms with van der Waals surface area (Å²) in [6, 6.07) is 6.24. The second-order valence-electron chi connectivity index (χ2n) is 4.92. The van der Waals surface area contributed by atoms with Crippen LogP contribution in [0.25, 0.3) is 0 Å². The van der Waals surface area contributed by atoms with Crippen LogP contribution in [-0.2, 0) is 17.6 Å². The Morgan fingerprint density at radius 3 is 2.80 bits per heavy atom. The molecule has 2 rings (SSSR count). The first-order valence-electron chi connectivity index (χ1n) is 6.40. The summed E-state index contributed by atoms with van der Waals surface area (Å²) in [6.45, 7) is 4.19. The van der Waals surface area contributed by atoms with Gasteiger partial charge in [-0.1, -0.05) is 43.4 Å². The lowest BCUT2D eigenvalue weighted by Gasteiger charge is -2.02. The van der Waals surface area contributed by atoms with Crippen molar-refractivity contribution in [2.45, 2.75) is 26.7 Å². The van der Waals surface area contributed by atoms with Crippen LogP contribution in [0.15, 0.2) is 24.3 Å². The Morgan fingerprint density at radius 1 is 1.35 bits per heavy atom. The molecule has 0 aliphatic rings. The highest BCUT2D eigenvalue weighted by Crippen LogP contribution is 2.18. The quantitative estimate of drug-likeness (QED) is 0.921. The molecule has 0 unspecified atom stereocenters. The fraction of sp³-hybridized carbons (Fsp3) is 0.357. The normalized spacial score (nSPS) is 10.8. The van der Waals surface area contributed by atoms with Gasteiger partial charge in [0.25, 0.3) is 0 Å². The third-order valence-electron chi connectivity index (χ3n) is 2.60. The number of amides is 1. The summed E-state index contributed by atoms with van der Waals surface area (Å²) in [5, 5.41) is 11.9. The van der Waals surface area contributed by atoms with Gasteiger partial charge in [0.2, 0.25) is 11.0 Å². The molecular formula is C14H16FN3OS. The number of anilines is 1. The summed E-state index contributed by atoms with van der Waals surface area (Å²) in [7, 11) is 0. The number of rotatable bonds is 5. The summed E-state index contributed by atoms with van der Waals surface area (Å²) in [4.78, 5) is 11.8. The fourth-order valence-corrected chi connectivity index (χ4v) is 2.68. The molecule has 1 N–H and O–H groups in total. The Morgan fingerprint density at radius 2 is 2.10 bits per heavy atom. The van der Waals surface area contributed by atoms with E-state index < -0.39 is 0 Å². The van der Waals surface area contributed by atoms with E-state index in [1.54, 1.807) is 18.2 Å². The van der Waals surface area contributed by atoms with E-state index in [-0.39, 0.29) is 18.1 Å². The number of halogens is 1. The van der Waals surface area contributed by atoms with Crippen molar-refractivity contribution in [3.05, 3.63) is 40.7 Å². The molecule has 6 heteroatoms. The minimum atomic E-state index is -0.375. The second-order valence-corrected chi connectivity index (χ2v) is 5.98. The Hall–Kier alpha value is -1.82. The molecule has 0 radical (unpaired) electrons. The number of hydrogen-bond acceptors (Lipinski definition) is 4. The van der Waals surface area contributed by atoms with Gasteiger partial charge in [0.1, 0.15) is 10.8 Å². The number of benzene rings is 1. The van der Waals surface area contributed by atoms with E-state index in [0.717, 1.165) is 11.4 Å². The molecule has 1 aromatic carbocycles. The van der Waals surface area contributed by atoms with Crippen molar-refractivity contribution in [2.24, 2.45) is 5.92 Å². The minimum absolute atomic E-state index is 0.00817. The van der Waals surface area contributed by atoms with Crippen molar-refractivity contribution >= 4 is 22.4 Å². The van der Waals surface area contributed by atoms with E-state index in [9.17, 15) is 9.18 Å². The van der Waals surface area contributed by atoms with Crippen molar-refractivity contribution in [3.63, 3.8) is 0 Å². The lowest BCUT2D eigenvalue weighted by molar-refractivity contribution is -0.115. The van der Waals surface area contributed by atoms with Crippen LogP contribution in [-0.4, -0.2) is 16.1 Å². The van der Waals surface area contributed by atoms with Gasteiger partial charge in [-0.15, -0.1) is 10.2 Å². The summed E-state index contributed by atoms with van der Waals surface area (Å²) in [6.07, 6.45) is 0.826. The van der Waals surface area contributed by atoms with E-state index in [1.807, 2.05) is 0 Å². The number of aromatic nitrogens is 2. The first-order valence-corrected chi connectivity index (χ1v) is 7.22. The molecule has 106 valence electrons. The highest BCUT2D eigenvalue weighted by Gasteiger charge is 2.11. The van der Waals surface area contributed by atoms with E-state index >= 15 is 0 Å². The van der Waals surface area contributed by atoms with Crippen molar-refractivity contribution in [3.8, 4) is 0 Å². The second kappa shape index (κ2) is 6.56. The zero-order valence-corrected chi connectivity index (χ0v) is 12.2. The van der Waals surface area contributed by atoms with Crippen molar-refractivity contribution in [1.82, 2.24) is 10.2 Å². The van der Waals surface area contributed by atoms with E-state index in [2.05, 4.69) is 29.4 Å². The SMILES string of the molecule is CC(C)Cc1nnc(NC(=O)Cc2ccccc2F)s1. The molecule has 0 aliphatic carbocycles. The van der Waals surface area contributed by atoms with Crippen LogP contribution in [0.1, 0.15) is 24.4 Å². The summed E-state index contributed by atoms with van der Waals surface area (Å²) in [5.74, 6) is -0.173. The largest absolute Gasteiger partial charge is 0.300 e. The van der Waals surface area contributed by atoms with Crippen molar-refractivity contribution < 1.29 is 9.18 Å². The minimum Gasteiger partial charge on any atom is -0.300 e. The zero-order chi connectivity index (χ0) is 14.5. The van der Waals surface area contributed by atoms with Crippen LogP contribution >= 0.6 is 11.3 Å². The van der Waals surface area contributed by atoms with Crippen LogP contribution in [0, 0.1) is 11.7 Å². The van der Waals surface area contributed by atoms with Crippen LogP contribution < -0.4 is 5.32 Å². The van der Waals surface area contributed by atoms with Crippen molar-refractivity contribution in [2.75, 3.05) is 5.32 Å². The third kappa shape index (κ3) is 4.09. The maximum atomic E-state index is 13.4.